The fourth-order valence-corrected chi connectivity index (χ4v) is 0.796. The molecule has 3 N–H and O–H groups in total. The highest BCUT2D eigenvalue weighted by molar-refractivity contribution is 5.74. The van der Waals surface area contributed by atoms with Crippen LogP contribution in [0.4, 0.5) is 0 Å². The van der Waals surface area contributed by atoms with Gasteiger partial charge in [0.2, 0.25) is 0 Å². The second-order valence-corrected chi connectivity index (χ2v) is 2.08. The molecule has 11 heavy (non-hydrogen) atoms. The van der Waals surface area contributed by atoms with Crippen LogP contribution in [-0.2, 0) is 0 Å². The smallest absolute Gasteiger partial charge is 0.197 e. The minimum atomic E-state index is 0.846. The van der Waals surface area contributed by atoms with Crippen LogP contribution in [0.15, 0.2) is 24.3 Å². The number of benzene rings is 1. The number of hydrogen-bond donors (Lipinski definition) is 2. The standard InChI is InChI=1S/C8H10N2O/c1-11-8-4-2-7(3-5-8)6-10-9/h2-6H,9H2,1H3/p+1. The van der Waals surface area contributed by atoms with Gasteiger partial charge in [-0.05, 0) is 24.3 Å². The molecule has 0 saturated carbocycles. The van der Waals surface area contributed by atoms with Crippen molar-refractivity contribution in [2.24, 2.45) is 5.84 Å². The van der Waals surface area contributed by atoms with Crippen molar-refractivity contribution < 1.29 is 9.84 Å². The maximum absolute atomic E-state index is 5.09. The van der Waals surface area contributed by atoms with Crippen LogP contribution >= 0.6 is 0 Å². The lowest BCUT2D eigenvalue weighted by atomic mass is 10.2. The summed E-state index contributed by atoms with van der Waals surface area (Å²) in [5, 5.41) is 2.46. The first kappa shape index (κ1) is 7.60. The largest absolute Gasteiger partial charge is 0.497 e. The van der Waals surface area contributed by atoms with E-state index in [9.17, 15) is 0 Å². The molecule has 58 valence electrons. The van der Waals surface area contributed by atoms with Crippen LogP contribution in [0.1, 0.15) is 5.56 Å². The summed E-state index contributed by atoms with van der Waals surface area (Å²) in [5.74, 6) is 5.94. The Morgan fingerprint density at radius 2 is 2.00 bits per heavy atom. The zero-order valence-corrected chi connectivity index (χ0v) is 6.37. The van der Waals surface area contributed by atoms with Gasteiger partial charge in [-0.1, -0.05) is 0 Å². The number of hydrazone groups is 1. The third-order valence-corrected chi connectivity index (χ3v) is 1.37. The highest BCUT2D eigenvalue weighted by atomic mass is 16.5. The van der Waals surface area contributed by atoms with Crippen molar-refractivity contribution >= 4 is 6.21 Å². The van der Waals surface area contributed by atoms with Crippen molar-refractivity contribution in [3.8, 4) is 5.75 Å². The highest BCUT2D eigenvalue weighted by Crippen LogP contribution is 2.08. The second kappa shape index (κ2) is 3.61. The monoisotopic (exact) mass is 151 g/mol. The lowest BCUT2D eigenvalue weighted by Crippen LogP contribution is -2.76. The predicted octanol–water partition coefficient (Wildman–Crippen LogP) is -0.932. The zero-order chi connectivity index (χ0) is 8.10. The van der Waals surface area contributed by atoms with Crippen molar-refractivity contribution in [1.82, 2.24) is 0 Å². The summed E-state index contributed by atoms with van der Waals surface area (Å²) in [6.07, 6.45) is 1.71. The number of ether oxygens (including phenoxy) is 1. The van der Waals surface area contributed by atoms with Gasteiger partial charge in [-0.3, -0.25) is 0 Å². The van der Waals surface area contributed by atoms with Gasteiger partial charge >= 0.3 is 0 Å². The van der Waals surface area contributed by atoms with Crippen molar-refractivity contribution in [2.75, 3.05) is 7.11 Å². The van der Waals surface area contributed by atoms with E-state index < -0.39 is 0 Å². The molecular formula is C8H11N2O+. The molecule has 0 aliphatic heterocycles. The van der Waals surface area contributed by atoms with Gasteiger partial charge in [-0.25, -0.2) is 5.84 Å². The Balaban J connectivity index is 2.82. The number of nitrogens with one attached hydrogen (secondary N) is 1. The SMILES string of the molecule is COc1ccc(C=[NH+]N)cc1. The molecule has 1 rings (SSSR count). The Labute approximate surface area is 65.5 Å². The van der Waals surface area contributed by atoms with E-state index in [0.29, 0.717) is 0 Å². The Hall–Kier alpha value is -1.51. The van der Waals surface area contributed by atoms with E-state index in [1.54, 1.807) is 13.3 Å². The first-order valence-electron chi connectivity index (χ1n) is 3.30. The first-order chi connectivity index (χ1) is 5.36. The molecule has 0 heterocycles. The summed E-state index contributed by atoms with van der Waals surface area (Å²) in [4.78, 5) is 0. The van der Waals surface area contributed by atoms with Crippen molar-refractivity contribution in [3.05, 3.63) is 29.8 Å². The Kier molecular flexibility index (Phi) is 2.49. The minimum Gasteiger partial charge on any atom is -0.497 e. The molecule has 0 amide bonds. The van der Waals surface area contributed by atoms with Gasteiger partial charge in [-0.15, -0.1) is 5.10 Å². The van der Waals surface area contributed by atoms with Crippen LogP contribution in [0.5, 0.6) is 5.75 Å². The summed E-state index contributed by atoms with van der Waals surface area (Å²) < 4.78 is 4.98. The molecule has 0 fully saturated rings. The van der Waals surface area contributed by atoms with Gasteiger partial charge in [0.05, 0.1) is 7.11 Å². The average molecular weight is 151 g/mol. The maximum Gasteiger partial charge on any atom is 0.197 e. The van der Waals surface area contributed by atoms with Crippen LogP contribution in [0, 0.1) is 0 Å². The fourth-order valence-electron chi connectivity index (χ4n) is 0.796. The van der Waals surface area contributed by atoms with E-state index in [2.05, 4.69) is 5.10 Å². The second-order valence-electron chi connectivity index (χ2n) is 2.08. The molecule has 0 aliphatic carbocycles. The molecule has 0 saturated heterocycles. The Bertz CT molecular complexity index is 241. The van der Waals surface area contributed by atoms with Crippen LogP contribution < -0.4 is 15.7 Å². The molecule has 3 heteroatoms. The summed E-state index contributed by atoms with van der Waals surface area (Å²) in [6, 6.07) is 7.59. The molecular weight excluding hydrogens is 140 g/mol. The molecule has 1 aromatic carbocycles. The normalized spacial score (nSPS) is 10.3. The summed E-state index contributed by atoms with van der Waals surface area (Å²) >= 11 is 0. The molecule has 0 aliphatic rings. The van der Waals surface area contributed by atoms with E-state index in [0.717, 1.165) is 11.3 Å². The van der Waals surface area contributed by atoms with Crippen LogP contribution in [0.2, 0.25) is 0 Å². The average Bonchev–Trinajstić information content (AvgIpc) is 2.07. The minimum absolute atomic E-state index is 0.846. The third-order valence-electron chi connectivity index (χ3n) is 1.37. The van der Waals surface area contributed by atoms with Gasteiger partial charge in [0.15, 0.2) is 6.21 Å². The Morgan fingerprint density at radius 1 is 1.36 bits per heavy atom. The van der Waals surface area contributed by atoms with E-state index in [4.69, 9.17) is 10.6 Å². The van der Waals surface area contributed by atoms with Crippen molar-refractivity contribution in [3.63, 3.8) is 0 Å². The van der Waals surface area contributed by atoms with Gasteiger partial charge in [0.1, 0.15) is 5.75 Å². The van der Waals surface area contributed by atoms with E-state index in [1.165, 1.54) is 0 Å². The number of methoxy groups -OCH3 is 1. The van der Waals surface area contributed by atoms with Gasteiger partial charge in [0, 0.05) is 5.56 Å². The number of hydrogen-bond acceptors (Lipinski definition) is 2. The topological polar surface area (TPSA) is 49.2 Å². The molecule has 0 bridgehead atoms. The van der Waals surface area contributed by atoms with Crippen LogP contribution in [0.3, 0.4) is 0 Å². The predicted molar refractivity (Wildman–Crippen MR) is 43.3 cm³/mol. The van der Waals surface area contributed by atoms with Gasteiger partial charge < -0.3 is 4.74 Å². The molecule has 0 atom stereocenters. The molecule has 0 spiro atoms. The zero-order valence-electron chi connectivity index (χ0n) is 6.37. The van der Waals surface area contributed by atoms with E-state index in [1.807, 2.05) is 24.3 Å². The number of rotatable bonds is 2. The molecule has 3 nitrogen and oxygen atoms in total. The molecule has 0 unspecified atom stereocenters. The lowest BCUT2D eigenvalue weighted by Gasteiger charge is -1.96. The summed E-state index contributed by atoms with van der Waals surface area (Å²) in [5.41, 5.74) is 1.02. The Morgan fingerprint density at radius 3 is 2.45 bits per heavy atom. The van der Waals surface area contributed by atoms with E-state index in [-0.39, 0.29) is 0 Å². The third kappa shape index (κ3) is 1.97. The summed E-state index contributed by atoms with van der Waals surface area (Å²) in [6.45, 7) is 0. The highest BCUT2D eigenvalue weighted by Gasteiger charge is 1.91. The van der Waals surface area contributed by atoms with Crippen LogP contribution in [-0.4, -0.2) is 13.3 Å². The van der Waals surface area contributed by atoms with Crippen LogP contribution in [0.25, 0.3) is 0 Å². The molecule has 0 radical (unpaired) electrons. The lowest BCUT2D eigenvalue weighted by molar-refractivity contribution is -0.463. The van der Waals surface area contributed by atoms with Crippen molar-refractivity contribution in [2.45, 2.75) is 0 Å². The molecule has 1 aromatic rings. The number of nitrogens with two attached hydrogens (primary N) is 1. The van der Waals surface area contributed by atoms with Gasteiger partial charge in [0.25, 0.3) is 0 Å². The van der Waals surface area contributed by atoms with Gasteiger partial charge in [-0.2, -0.15) is 0 Å². The van der Waals surface area contributed by atoms with Crippen molar-refractivity contribution in [1.29, 1.82) is 0 Å². The fraction of sp³-hybridized carbons (Fsp3) is 0.125. The molecule has 0 aromatic heterocycles. The summed E-state index contributed by atoms with van der Waals surface area (Å²) in [7, 11) is 1.64. The number of hydrazine groups is 1. The van der Waals surface area contributed by atoms with E-state index >= 15 is 0 Å². The maximum atomic E-state index is 5.09. The quantitative estimate of drug-likeness (QED) is 0.326. The first-order valence-corrected chi connectivity index (χ1v) is 3.30.